The van der Waals surface area contributed by atoms with Crippen molar-refractivity contribution in [3.63, 3.8) is 0 Å². The van der Waals surface area contributed by atoms with Crippen molar-refractivity contribution in [3.8, 4) is 0 Å². The van der Waals surface area contributed by atoms with Gasteiger partial charge in [0.25, 0.3) is 0 Å². The third-order valence-corrected chi connectivity index (χ3v) is 2.78. The molecule has 64 valence electrons. The van der Waals surface area contributed by atoms with E-state index in [1.54, 1.807) is 6.26 Å². The summed E-state index contributed by atoms with van der Waals surface area (Å²) in [6.45, 7) is 2.20. The molecule has 1 nitrogen and oxygen atoms in total. The van der Waals surface area contributed by atoms with E-state index in [9.17, 15) is 0 Å². The predicted molar refractivity (Wildman–Crippen MR) is 53.0 cm³/mol. The second-order valence-corrected chi connectivity index (χ2v) is 4.00. The Balaban J connectivity index is 2.26. The van der Waals surface area contributed by atoms with Gasteiger partial charge in [0.05, 0.1) is 4.47 Å². The van der Waals surface area contributed by atoms with Crippen LogP contribution in [0.2, 0.25) is 0 Å². The molecule has 0 fully saturated rings. The lowest BCUT2D eigenvalue weighted by atomic mass is 10.1. The Labute approximate surface area is 80.6 Å². The number of halogens is 1. The minimum atomic E-state index is 1.01. The second kappa shape index (κ2) is 3.09. The molecule has 2 rings (SSSR count). The number of hydrogen-bond acceptors (Lipinski definition) is 1. The van der Waals surface area contributed by atoms with Crippen LogP contribution >= 0.6 is 15.9 Å². The lowest BCUT2D eigenvalue weighted by Gasteiger charge is -1.95. The second-order valence-electron chi connectivity index (χ2n) is 3.15. The van der Waals surface area contributed by atoms with E-state index < -0.39 is 0 Å². The largest absolute Gasteiger partial charge is 0.467 e. The minimum absolute atomic E-state index is 1.01. The highest BCUT2D eigenvalue weighted by Gasteiger charge is 2.17. The highest BCUT2D eigenvalue weighted by Crippen LogP contribution is 2.34. The number of furan rings is 1. The van der Waals surface area contributed by atoms with Crippen molar-refractivity contribution in [1.29, 1.82) is 0 Å². The van der Waals surface area contributed by atoms with Crippen LogP contribution in [-0.4, -0.2) is 0 Å². The average molecular weight is 227 g/mol. The van der Waals surface area contributed by atoms with E-state index in [0.717, 1.165) is 16.7 Å². The van der Waals surface area contributed by atoms with Crippen LogP contribution in [0.4, 0.5) is 0 Å². The summed E-state index contributed by atoms with van der Waals surface area (Å²) < 4.78 is 6.47. The fourth-order valence-electron chi connectivity index (χ4n) is 1.61. The van der Waals surface area contributed by atoms with Gasteiger partial charge in [-0.3, -0.25) is 0 Å². The maximum atomic E-state index is 5.38. The standard InChI is InChI=1S/C10H11BrO/c1-2-3-7-4-8-9(11)6-12-10(8)5-7/h4,6H,2-3,5H2,1H3. The average Bonchev–Trinajstić information content (AvgIpc) is 2.55. The zero-order valence-electron chi connectivity index (χ0n) is 7.06. The molecule has 0 saturated carbocycles. The summed E-state index contributed by atoms with van der Waals surface area (Å²) in [5, 5.41) is 0. The summed E-state index contributed by atoms with van der Waals surface area (Å²) in [5.74, 6) is 1.12. The summed E-state index contributed by atoms with van der Waals surface area (Å²) in [4.78, 5) is 0. The van der Waals surface area contributed by atoms with E-state index in [1.165, 1.54) is 24.0 Å². The van der Waals surface area contributed by atoms with E-state index >= 15 is 0 Å². The first-order valence-electron chi connectivity index (χ1n) is 4.26. The van der Waals surface area contributed by atoms with Gasteiger partial charge >= 0.3 is 0 Å². The monoisotopic (exact) mass is 226 g/mol. The van der Waals surface area contributed by atoms with Gasteiger partial charge in [-0.05, 0) is 22.4 Å². The van der Waals surface area contributed by atoms with Gasteiger partial charge in [0.2, 0.25) is 0 Å². The number of allylic oxidation sites excluding steroid dienone is 1. The number of rotatable bonds is 2. The summed E-state index contributed by atoms with van der Waals surface area (Å²) >= 11 is 3.46. The van der Waals surface area contributed by atoms with Crippen molar-refractivity contribution in [3.05, 3.63) is 27.6 Å². The maximum Gasteiger partial charge on any atom is 0.116 e. The summed E-state index contributed by atoms with van der Waals surface area (Å²) in [7, 11) is 0. The van der Waals surface area contributed by atoms with Crippen LogP contribution in [0.3, 0.4) is 0 Å². The normalized spacial score (nSPS) is 14.7. The van der Waals surface area contributed by atoms with Gasteiger partial charge in [-0.2, -0.15) is 0 Å². The lowest BCUT2D eigenvalue weighted by Crippen LogP contribution is -1.81. The predicted octanol–water partition coefficient (Wildman–Crippen LogP) is 3.78. The van der Waals surface area contributed by atoms with Crippen LogP contribution in [0.1, 0.15) is 31.1 Å². The molecule has 0 radical (unpaired) electrons. The van der Waals surface area contributed by atoms with Crippen molar-refractivity contribution >= 4 is 22.0 Å². The molecule has 0 N–H and O–H groups in total. The molecule has 1 heterocycles. The zero-order valence-corrected chi connectivity index (χ0v) is 8.65. The van der Waals surface area contributed by atoms with Crippen molar-refractivity contribution < 1.29 is 4.42 Å². The molecule has 0 unspecified atom stereocenters. The number of hydrogen-bond donors (Lipinski definition) is 0. The fourth-order valence-corrected chi connectivity index (χ4v) is 2.04. The lowest BCUT2D eigenvalue weighted by molar-refractivity contribution is 0.519. The summed E-state index contributed by atoms with van der Waals surface area (Å²) in [5.41, 5.74) is 2.74. The molecule has 0 aromatic carbocycles. The van der Waals surface area contributed by atoms with Crippen LogP contribution in [0.5, 0.6) is 0 Å². The van der Waals surface area contributed by atoms with Crippen molar-refractivity contribution in [1.82, 2.24) is 0 Å². The van der Waals surface area contributed by atoms with Gasteiger partial charge in [0, 0.05) is 12.0 Å². The van der Waals surface area contributed by atoms with Crippen molar-refractivity contribution in [2.45, 2.75) is 26.2 Å². The molecule has 0 amide bonds. The van der Waals surface area contributed by atoms with Gasteiger partial charge < -0.3 is 4.42 Å². The van der Waals surface area contributed by atoms with E-state index in [4.69, 9.17) is 4.42 Å². The molecule has 1 aromatic heterocycles. The zero-order chi connectivity index (χ0) is 8.55. The number of fused-ring (bicyclic) bond motifs is 1. The molecule has 0 atom stereocenters. The Bertz CT molecular complexity index is 323. The molecule has 0 aliphatic heterocycles. The van der Waals surface area contributed by atoms with Gasteiger partial charge in [0.15, 0.2) is 0 Å². The summed E-state index contributed by atoms with van der Waals surface area (Å²) in [6.07, 6.45) is 7.43. The van der Waals surface area contributed by atoms with Crippen LogP contribution in [0.15, 0.2) is 20.7 Å². The van der Waals surface area contributed by atoms with Crippen LogP contribution in [0.25, 0.3) is 6.08 Å². The SMILES string of the molecule is CCCC1=Cc2c(Br)coc2C1. The smallest absolute Gasteiger partial charge is 0.116 e. The fraction of sp³-hybridized carbons (Fsp3) is 0.400. The molecule has 1 aliphatic rings. The minimum Gasteiger partial charge on any atom is -0.467 e. The first-order valence-corrected chi connectivity index (χ1v) is 5.06. The molecule has 0 saturated heterocycles. The molecular weight excluding hydrogens is 216 g/mol. The molecule has 0 spiro atoms. The first-order chi connectivity index (χ1) is 5.81. The Hall–Kier alpha value is -0.500. The van der Waals surface area contributed by atoms with Gasteiger partial charge in [-0.15, -0.1) is 0 Å². The van der Waals surface area contributed by atoms with Crippen LogP contribution < -0.4 is 0 Å². The molecule has 1 aromatic rings. The highest BCUT2D eigenvalue weighted by atomic mass is 79.9. The Kier molecular flexibility index (Phi) is 2.09. The van der Waals surface area contributed by atoms with Crippen molar-refractivity contribution in [2.75, 3.05) is 0 Å². The van der Waals surface area contributed by atoms with Crippen LogP contribution in [-0.2, 0) is 6.42 Å². The third kappa shape index (κ3) is 1.24. The Morgan fingerprint density at radius 2 is 2.42 bits per heavy atom. The van der Waals surface area contributed by atoms with Crippen molar-refractivity contribution in [2.24, 2.45) is 0 Å². The maximum absolute atomic E-state index is 5.38. The van der Waals surface area contributed by atoms with E-state index in [1.807, 2.05) is 0 Å². The summed E-state index contributed by atoms with van der Waals surface area (Å²) in [6, 6.07) is 0. The van der Waals surface area contributed by atoms with Gasteiger partial charge in [-0.25, -0.2) is 0 Å². The Morgan fingerprint density at radius 1 is 1.58 bits per heavy atom. The van der Waals surface area contributed by atoms with Crippen LogP contribution in [0, 0.1) is 0 Å². The first kappa shape index (κ1) is 8.11. The topological polar surface area (TPSA) is 13.1 Å². The Morgan fingerprint density at radius 3 is 3.08 bits per heavy atom. The van der Waals surface area contributed by atoms with E-state index in [2.05, 4.69) is 28.9 Å². The quantitative estimate of drug-likeness (QED) is 0.749. The molecule has 1 aliphatic carbocycles. The highest BCUT2D eigenvalue weighted by molar-refractivity contribution is 9.10. The molecular formula is C10H11BrO. The van der Waals surface area contributed by atoms with E-state index in [0.29, 0.717) is 0 Å². The van der Waals surface area contributed by atoms with Gasteiger partial charge in [0.1, 0.15) is 12.0 Å². The molecule has 2 heteroatoms. The molecule has 12 heavy (non-hydrogen) atoms. The van der Waals surface area contributed by atoms with Gasteiger partial charge in [-0.1, -0.05) is 25.0 Å². The molecule has 0 bridgehead atoms. The third-order valence-electron chi connectivity index (χ3n) is 2.17. The van der Waals surface area contributed by atoms with E-state index in [-0.39, 0.29) is 0 Å².